The zero-order valence-corrected chi connectivity index (χ0v) is 9.30. The molecule has 2 nitrogen and oxygen atoms in total. The maximum Gasteiger partial charge on any atom is 0.0635 e. The van der Waals surface area contributed by atoms with Gasteiger partial charge in [-0.25, -0.2) is 0 Å². The lowest BCUT2D eigenvalue weighted by Gasteiger charge is -2.28. The molecule has 15 heavy (non-hydrogen) atoms. The van der Waals surface area contributed by atoms with Crippen LogP contribution in [0.2, 0.25) is 5.02 Å². The molecule has 2 rings (SSSR count). The average molecular weight is 221 g/mol. The fraction of sp³-hybridized carbons (Fsp3) is 0.417. The molecule has 0 saturated carbocycles. The van der Waals surface area contributed by atoms with Gasteiger partial charge in [0.1, 0.15) is 0 Å². The summed E-state index contributed by atoms with van der Waals surface area (Å²) >= 11 is 6.12. The van der Waals surface area contributed by atoms with E-state index in [1.807, 2.05) is 12.1 Å². The molecular weight excluding hydrogens is 208 g/mol. The molecule has 1 aromatic rings. The van der Waals surface area contributed by atoms with Crippen molar-refractivity contribution < 1.29 is 0 Å². The standard InChI is InChI=1S/C12H13ClN2/c13-12-4-1-3-10-9-15(7-2-6-14)8-5-11(10)12/h1,3-4H,2,5,7-9H2. The fourth-order valence-electron chi connectivity index (χ4n) is 2.02. The molecule has 0 aliphatic carbocycles. The van der Waals surface area contributed by atoms with Crippen LogP contribution < -0.4 is 0 Å². The highest BCUT2D eigenvalue weighted by molar-refractivity contribution is 6.31. The normalized spacial score (nSPS) is 15.7. The summed E-state index contributed by atoms with van der Waals surface area (Å²) in [6.07, 6.45) is 1.61. The topological polar surface area (TPSA) is 27.0 Å². The third-order valence-electron chi connectivity index (χ3n) is 2.83. The SMILES string of the molecule is N#CCCN1CCc2c(Cl)cccc2C1. The van der Waals surface area contributed by atoms with Crippen LogP contribution in [0.5, 0.6) is 0 Å². The van der Waals surface area contributed by atoms with E-state index in [4.69, 9.17) is 16.9 Å². The van der Waals surface area contributed by atoms with E-state index in [0.717, 1.165) is 31.1 Å². The lowest BCUT2D eigenvalue weighted by Crippen LogP contribution is -2.31. The maximum absolute atomic E-state index is 8.54. The number of rotatable bonds is 2. The van der Waals surface area contributed by atoms with Crippen LogP contribution in [-0.2, 0) is 13.0 Å². The van der Waals surface area contributed by atoms with Crippen molar-refractivity contribution in [2.45, 2.75) is 19.4 Å². The number of fused-ring (bicyclic) bond motifs is 1. The average Bonchev–Trinajstić information content (AvgIpc) is 2.26. The van der Waals surface area contributed by atoms with E-state index in [-0.39, 0.29) is 0 Å². The zero-order chi connectivity index (χ0) is 10.7. The second-order valence-corrected chi connectivity index (χ2v) is 4.22. The Balaban J connectivity index is 2.11. The molecule has 0 fully saturated rings. The second-order valence-electron chi connectivity index (χ2n) is 3.81. The van der Waals surface area contributed by atoms with E-state index in [0.29, 0.717) is 6.42 Å². The number of hydrogen-bond donors (Lipinski definition) is 0. The van der Waals surface area contributed by atoms with E-state index in [2.05, 4.69) is 17.0 Å². The monoisotopic (exact) mass is 220 g/mol. The van der Waals surface area contributed by atoms with Gasteiger partial charge in [0.15, 0.2) is 0 Å². The molecule has 1 aliphatic heterocycles. The van der Waals surface area contributed by atoms with Crippen LogP contribution in [0.3, 0.4) is 0 Å². The number of benzene rings is 1. The zero-order valence-electron chi connectivity index (χ0n) is 8.54. The molecule has 0 saturated heterocycles. The quantitative estimate of drug-likeness (QED) is 0.766. The number of nitrogens with zero attached hydrogens (tertiary/aromatic N) is 2. The lowest BCUT2D eigenvalue weighted by atomic mass is 10.00. The van der Waals surface area contributed by atoms with Crippen LogP contribution in [0.4, 0.5) is 0 Å². The summed E-state index contributed by atoms with van der Waals surface area (Å²) in [6.45, 7) is 2.80. The Hall–Kier alpha value is -1.04. The minimum atomic E-state index is 0.607. The van der Waals surface area contributed by atoms with Crippen molar-refractivity contribution in [2.24, 2.45) is 0 Å². The van der Waals surface area contributed by atoms with Gasteiger partial charge in [0.05, 0.1) is 6.07 Å². The van der Waals surface area contributed by atoms with Gasteiger partial charge in [-0.3, -0.25) is 4.90 Å². The van der Waals surface area contributed by atoms with Gasteiger partial charge in [-0.1, -0.05) is 23.7 Å². The molecule has 0 bridgehead atoms. The van der Waals surface area contributed by atoms with Crippen LogP contribution in [0.25, 0.3) is 0 Å². The van der Waals surface area contributed by atoms with Crippen LogP contribution in [0, 0.1) is 11.3 Å². The first-order valence-corrected chi connectivity index (χ1v) is 5.54. The highest BCUT2D eigenvalue weighted by Crippen LogP contribution is 2.25. The largest absolute Gasteiger partial charge is 0.298 e. The first-order valence-electron chi connectivity index (χ1n) is 5.17. The van der Waals surface area contributed by atoms with Crippen LogP contribution in [0.1, 0.15) is 17.5 Å². The Morgan fingerprint density at radius 2 is 2.33 bits per heavy atom. The predicted octanol–water partition coefficient (Wildman–Crippen LogP) is 2.61. The Labute approximate surface area is 95.1 Å². The summed E-state index contributed by atoms with van der Waals surface area (Å²) < 4.78 is 0. The van der Waals surface area contributed by atoms with Crippen LogP contribution in [-0.4, -0.2) is 18.0 Å². The summed E-state index contributed by atoms with van der Waals surface area (Å²) in [5.41, 5.74) is 2.60. The summed E-state index contributed by atoms with van der Waals surface area (Å²) in [6, 6.07) is 8.25. The van der Waals surface area contributed by atoms with Gasteiger partial charge in [-0.2, -0.15) is 5.26 Å². The van der Waals surface area contributed by atoms with Crippen molar-refractivity contribution in [3.8, 4) is 6.07 Å². The van der Waals surface area contributed by atoms with Crippen molar-refractivity contribution in [3.63, 3.8) is 0 Å². The van der Waals surface area contributed by atoms with Gasteiger partial charge in [0, 0.05) is 31.1 Å². The fourth-order valence-corrected chi connectivity index (χ4v) is 2.31. The highest BCUT2D eigenvalue weighted by atomic mass is 35.5. The van der Waals surface area contributed by atoms with Gasteiger partial charge in [0.2, 0.25) is 0 Å². The Morgan fingerprint density at radius 3 is 3.13 bits per heavy atom. The maximum atomic E-state index is 8.54. The Kier molecular flexibility index (Phi) is 3.25. The molecule has 0 unspecified atom stereocenters. The summed E-state index contributed by atoms with van der Waals surface area (Å²) in [5, 5.41) is 9.42. The van der Waals surface area contributed by atoms with E-state index in [9.17, 15) is 0 Å². The predicted molar refractivity (Wildman–Crippen MR) is 60.7 cm³/mol. The van der Waals surface area contributed by atoms with Gasteiger partial charge in [-0.15, -0.1) is 0 Å². The smallest absolute Gasteiger partial charge is 0.0635 e. The number of nitriles is 1. The molecule has 78 valence electrons. The molecule has 0 atom stereocenters. The Bertz CT molecular complexity index is 395. The van der Waals surface area contributed by atoms with Crippen molar-refractivity contribution in [1.29, 1.82) is 5.26 Å². The second kappa shape index (κ2) is 4.65. The Morgan fingerprint density at radius 1 is 1.47 bits per heavy atom. The first kappa shape index (κ1) is 10.5. The number of hydrogen-bond acceptors (Lipinski definition) is 2. The van der Waals surface area contributed by atoms with Crippen molar-refractivity contribution in [1.82, 2.24) is 4.90 Å². The highest BCUT2D eigenvalue weighted by Gasteiger charge is 2.17. The van der Waals surface area contributed by atoms with Crippen LogP contribution >= 0.6 is 11.6 Å². The molecule has 1 aliphatic rings. The summed E-state index contributed by atoms with van der Waals surface area (Å²) in [5.74, 6) is 0. The van der Waals surface area contributed by atoms with Gasteiger partial charge >= 0.3 is 0 Å². The third-order valence-corrected chi connectivity index (χ3v) is 3.18. The molecule has 1 aromatic carbocycles. The third kappa shape index (κ3) is 2.31. The molecule has 0 amide bonds. The molecule has 3 heteroatoms. The molecule has 0 N–H and O–H groups in total. The number of halogens is 1. The minimum absolute atomic E-state index is 0.607. The lowest BCUT2D eigenvalue weighted by molar-refractivity contribution is 0.260. The van der Waals surface area contributed by atoms with Crippen LogP contribution in [0.15, 0.2) is 18.2 Å². The van der Waals surface area contributed by atoms with E-state index in [1.165, 1.54) is 11.1 Å². The van der Waals surface area contributed by atoms with E-state index >= 15 is 0 Å². The van der Waals surface area contributed by atoms with E-state index < -0.39 is 0 Å². The van der Waals surface area contributed by atoms with Gasteiger partial charge in [-0.05, 0) is 23.6 Å². The first-order chi connectivity index (χ1) is 7.31. The summed E-state index contributed by atoms with van der Waals surface area (Å²) in [7, 11) is 0. The molecule has 0 radical (unpaired) electrons. The van der Waals surface area contributed by atoms with Gasteiger partial charge < -0.3 is 0 Å². The van der Waals surface area contributed by atoms with Crippen molar-refractivity contribution in [3.05, 3.63) is 34.3 Å². The van der Waals surface area contributed by atoms with Gasteiger partial charge in [0.25, 0.3) is 0 Å². The minimum Gasteiger partial charge on any atom is -0.298 e. The molecule has 0 aromatic heterocycles. The molecule has 0 spiro atoms. The summed E-state index contributed by atoms with van der Waals surface area (Å²) in [4.78, 5) is 2.31. The molecular formula is C12H13ClN2. The van der Waals surface area contributed by atoms with Crippen molar-refractivity contribution >= 4 is 11.6 Å². The molecule has 1 heterocycles. The van der Waals surface area contributed by atoms with E-state index in [1.54, 1.807) is 0 Å². The van der Waals surface area contributed by atoms with Crippen molar-refractivity contribution in [2.75, 3.05) is 13.1 Å².